The standard InChI is InChI=1S/C33H37N7O8/c1-32(2,3)48-31(43)38-26-23-27(36-17-35-26)40(18-37-23)29-25-24(46-33(4,5)47-25)22(45-29)15-34-30(42)39-28(41)20-13-9-10-14-21(20)44-16-19-11-7-6-8-12-19/h6-14,17-18,22,24-25,29H,15-16H2,1-5H3,(H2,34,39,41,42)(H,35,36,38,43)/t22-,24-,25-,29-/m1/s1. The predicted octanol–water partition coefficient (Wildman–Crippen LogP) is 4.31. The van der Waals surface area contributed by atoms with E-state index in [2.05, 4.69) is 30.9 Å². The van der Waals surface area contributed by atoms with Gasteiger partial charge in [0.1, 0.15) is 42.6 Å². The number of nitrogens with one attached hydrogen (secondary N) is 3. The number of imide groups is 1. The molecule has 15 nitrogen and oxygen atoms in total. The lowest BCUT2D eigenvalue weighted by Crippen LogP contribution is -2.45. The lowest BCUT2D eigenvalue weighted by atomic mass is 10.1. The molecule has 4 aromatic rings. The number of benzene rings is 2. The van der Waals surface area contributed by atoms with Crippen LogP contribution >= 0.6 is 0 Å². The van der Waals surface area contributed by atoms with Crippen LogP contribution in [0.4, 0.5) is 15.4 Å². The zero-order chi connectivity index (χ0) is 34.1. The zero-order valence-electron chi connectivity index (χ0n) is 27.1. The molecule has 3 N–H and O–H groups in total. The Morgan fingerprint density at radius 3 is 2.46 bits per heavy atom. The van der Waals surface area contributed by atoms with Crippen molar-refractivity contribution in [2.45, 2.75) is 77.2 Å². The molecule has 2 aliphatic heterocycles. The molecule has 0 spiro atoms. The van der Waals surface area contributed by atoms with E-state index >= 15 is 0 Å². The van der Waals surface area contributed by atoms with Gasteiger partial charge in [0.05, 0.1) is 11.9 Å². The number of anilines is 1. The van der Waals surface area contributed by atoms with E-state index in [1.54, 1.807) is 63.5 Å². The molecule has 2 aromatic heterocycles. The molecule has 6 rings (SSSR count). The van der Waals surface area contributed by atoms with E-state index in [1.165, 1.54) is 12.7 Å². The molecule has 4 amide bonds. The summed E-state index contributed by atoms with van der Waals surface area (Å²) in [4.78, 5) is 51.3. The Kier molecular flexibility index (Phi) is 9.01. The molecule has 48 heavy (non-hydrogen) atoms. The Morgan fingerprint density at radius 1 is 0.958 bits per heavy atom. The van der Waals surface area contributed by atoms with Crippen molar-refractivity contribution in [1.82, 2.24) is 30.2 Å². The Hall–Kier alpha value is -5.12. The van der Waals surface area contributed by atoms with Crippen LogP contribution in [-0.4, -0.2) is 73.8 Å². The van der Waals surface area contributed by atoms with Gasteiger partial charge in [-0.3, -0.25) is 20.0 Å². The van der Waals surface area contributed by atoms with Gasteiger partial charge >= 0.3 is 12.1 Å². The highest BCUT2D eigenvalue weighted by Crippen LogP contribution is 2.43. The van der Waals surface area contributed by atoms with Crippen LogP contribution in [0.25, 0.3) is 11.2 Å². The largest absolute Gasteiger partial charge is 0.488 e. The number of para-hydroxylation sites is 1. The van der Waals surface area contributed by atoms with Crippen molar-refractivity contribution in [3.8, 4) is 5.75 Å². The van der Waals surface area contributed by atoms with E-state index < -0.39 is 54.0 Å². The molecule has 15 heteroatoms. The van der Waals surface area contributed by atoms with E-state index in [9.17, 15) is 14.4 Å². The lowest BCUT2D eigenvalue weighted by molar-refractivity contribution is -0.195. The van der Waals surface area contributed by atoms with Crippen LogP contribution in [0.5, 0.6) is 5.75 Å². The Balaban J connectivity index is 1.12. The van der Waals surface area contributed by atoms with Gasteiger partial charge in [-0.05, 0) is 52.3 Å². The number of hydrogen-bond acceptors (Lipinski definition) is 11. The number of rotatable bonds is 8. The van der Waals surface area contributed by atoms with Crippen LogP contribution in [0.2, 0.25) is 0 Å². The van der Waals surface area contributed by atoms with Crippen LogP contribution in [0.15, 0.2) is 67.3 Å². The van der Waals surface area contributed by atoms with Crippen LogP contribution in [0.3, 0.4) is 0 Å². The van der Waals surface area contributed by atoms with Crippen LogP contribution in [0.1, 0.15) is 56.8 Å². The highest BCUT2D eigenvalue weighted by Gasteiger charge is 2.56. The predicted molar refractivity (Wildman–Crippen MR) is 171 cm³/mol. The van der Waals surface area contributed by atoms with Crippen LogP contribution < -0.4 is 20.7 Å². The summed E-state index contributed by atoms with van der Waals surface area (Å²) in [6, 6.07) is 15.5. The third-order valence-corrected chi connectivity index (χ3v) is 7.44. The van der Waals surface area contributed by atoms with Crippen molar-refractivity contribution >= 4 is 35.0 Å². The van der Waals surface area contributed by atoms with Gasteiger partial charge in [0.2, 0.25) is 0 Å². The number of carbonyl (C=O) groups is 3. The number of urea groups is 1. The van der Waals surface area contributed by atoms with Gasteiger partial charge in [-0.2, -0.15) is 0 Å². The molecular formula is C33H37N7O8. The number of fused-ring (bicyclic) bond motifs is 2. The van der Waals surface area contributed by atoms with E-state index in [0.29, 0.717) is 16.9 Å². The van der Waals surface area contributed by atoms with Crippen LogP contribution in [0, 0.1) is 0 Å². The number of imidazole rings is 1. The molecular weight excluding hydrogens is 622 g/mol. The maximum atomic E-state index is 13.1. The first-order valence-electron chi connectivity index (χ1n) is 15.4. The second-order valence-electron chi connectivity index (χ2n) is 12.7. The average molecular weight is 660 g/mol. The molecule has 2 aromatic carbocycles. The van der Waals surface area contributed by atoms with Crippen molar-refractivity contribution in [3.05, 3.63) is 78.4 Å². The fourth-order valence-electron chi connectivity index (χ4n) is 5.50. The highest BCUT2D eigenvalue weighted by atomic mass is 16.8. The Bertz CT molecular complexity index is 1810. The molecule has 0 saturated carbocycles. The summed E-state index contributed by atoms with van der Waals surface area (Å²) >= 11 is 0. The van der Waals surface area contributed by atoms with Gasteiger partial charge in [-0.15, -0.1) is 0 Å². The quantitative estimate of drug-likeness (QED) is 0.246. The maximum absolute atomic E-state index is 13.1. The van der Waals surface area contributed by atoms with Gasteiger partial charge in [-0.25, -0.2) is 24.5 Å². The minimum Gasteiger partial charge on any atom is -0.488 e. The monoisotopic (exact) mass is 659 g/mol. The number of hydrogen-bond donors (Lipinski definition) is 3. The molecule has 2 aliphatic rings. The van der Waals surface area contributed by atoms with Gasteiger partial charge in [0, 0.05) is 6.54 Å². The number of nitrogens with zero attached hydrogens (tertiary/aromatic N) is 4. The second-order valence-corrected chi connectivity index (χ2v) is 12.7. The first-order chi connectivity index (χ1) is 22.9. The fraction of sp³-hybridized carbons (Fsp3) is 0.394. The number of carbonyl (C=O) groups excluding carboxylic acids is 3. The third-order valence-electron chi connectivity index (χ3n) is 7.44. The minimum absolute atomic E-state index is 0.00453. The molecule has 0 radical (unpaired) electrons. The number of ether oxygens (including phenoxy) is 5. The Labute approximate surface area is 276 Å². The molecule has 2 saturated heterocycles. The van der Waals surface area contributed by atoms with E-state index in [1.807, 2.05) is 30.3 Å². The summed E-state index contributed by atoms with van der Waals surface area (Å²) in [5.74, 6) is -1.05. The van der Waals surface area contributed by atoms with Gasteiger partial charge in [0.25, 0.3) is 5.91 Å². The number of amides is 4. The van der Waals surface area contributed by atoms with Gasteiger partial charge in [-0.1, -0.05) is 42.5 Å². The first-order valence-corrected chi connectivity index (χ1v) is 15.4. The lowest BCUT2D eigenvalue weighted by Gasteiger charge is -2.25. The second kappa shape index (κ2) is 13.2. The number of aromatic nitrogens is 4. The van der Waals surface area contributed by atoms with E-state index in [4.69, 9.17) is 23.7 Å². The molecule has 0 unspecified atom stereocenters. The summed E-state index contributed by atoms with van der Waals surface area (Å²) in [6.45, 7) is 9.09. The average Bonchev–Trinajstić information content (AvgIpc) is 3.69. The fourth-order valence-corrected chi connectivity index (χ4v) is 5.50. The molecule has 0 aliphatic carbocycles. The smallest absolute Gasteiger partial charge is 0.413 e. The van der Waals surface area contributed by atoms with Crippen LogP contribution in [-0.2, 0) is 25.6 Å². The minimum atomic E-state index is -0.938. The third kappa shape index (κ3) is 7.38. The zero-order valence-corrected chi connectivity index (χ0v) is 27.1. The summed E-state index contributed by atoms with van der Waals surface area (Å²) in [6.07, 6.45) is -0.477. The molecule has 4 atom stereocenters. The van der Waals surface area contributed by atoms with Gasteiger partial charge in [0.15, 0.2) is 29.0 Å². The SMILES string of the molecule is CC(C)(C)OC(=O)Nc1ncnc2c1ncn2[C@@H]1O[C@H](CNC(=O)NC(=O)c2ccccc2OCc2ccccc2)[C@H]2OC(C)(C)O[C@H]21. The first kappa shape index (κ1) is 32.8. The van der Waals surface area contributed by atoms with Crippen molar-refractivity contribution in [3.63, 3.8) is 0 Å². The molecule has 2 fully saturated rings. The summed E-state index contributed by atoms with van der Waals surface area (Å²) in [5, 5.41) is 7.69. The van der Waals surface area contributed by atoms with Gasteiger partial charge < -0.3 is 29.0 Å². The molecule has 0 bridgehead atoms. The topological polar surface area (TPSA) is 177 Å². The summed E-state index contributed by atoms with van der Waals surface area (Å²) in [7, 11) is 0. The van der Waals surface area contributed by atoms with E-state index in [0.717, 1.165) is 5.56 Å². The molecule has 252 valence electrons. The highest BCUT2D eigenvalue weighted by molar-refractivity contribution is 6.05. The normalized spacial score (nSPS) is 21.4. The van der Waals surface area contributed by atoms with E-state index in [-0.39, 0.29) is 24.5 Å². The summed E-state index contributed by atoms with van der Waals surface area (Å²) in [5.41, 5.74) is 1.13. The van der Waals surface area contributed by atoms with Crippen molar-refractivity contribution in [1.29, 1.82) is 0 Å². The maximum Gasteiger partial charge on any atom is 0.413 e. The van der Waals surface area contributed by atoms with Crippen molar-refractivity contribution < 1.29 is 38.1 Å². The van der Waals surface area contributed by atoms with Crippen molar-refractivity contribution in [2.75, 3.05) is 11.9 Å². The summed E-state index contributed by atoms with van der Waals surface area (Å²) < 4.78 is 31.6. The molecule has 4 heterocycles. The Morgan fingerprint density at radius 2 is 1.69 bits per heavy atom. The van der Waals surface area contributed by atoms with Crippen molar-refractivity contribution in [2.24, 2.45) is 0 Å².